The molecule has 0 aliphatic rings. The highest BCUT2D eigenvalue weighted by Gasteiger charge is 2.12. The predicted octanol–water partition coefficient (Wildman–Crippen LogP) is 1.87. The molecule has 3 aromatic heterocycles. The molecular formula is C13H7FN6. The first-order valence-corrected chi connectivity index (χ1v) is 5.88. The first-order valence-electron chi connectivity index (χ1n) is 5.88. The van der Waals surface area contributed by atoms with Gasteiger partial charge in [-0.3, -0.25) is 9.38 Å². The monoisotopic (exact) mass is 266 g/mol. The maximum Gasteiger partial charge on any atom is 0.189 e. The van der Waals surface area contributed by atoms with Crippen LogP contribution < -0.4 is 0 Å². The minimum Gasteiger partial charge on any atom is -0.263 e. The van der Waals surface area contributed by atoms with Gasteiger partial charge in [-0.05, 0) is 18.2 Å². The maximum absolute atomic E-state index is 13.4. The Morgan fingerprint density at radius 1 is 1.05 bits per heavy atom. The SMILES string of the molecule is Fc1ccc2ncn3c(-c4cnccn4)nnc3c2c1. The fourth-order valence-electron chi connectivity index (χ4n) is 2.09. The molecule has 1 aromatic carbocycles. The highest BCUT2D eigenvalue weighted by molar-refractivity contribution is 5.91. The second kappa shape index (κ2) is 4.02. The first kappa shape index (κ1) is 10.9. The molecule has 0 saturated heterocycles. The predicted molar refractivity (Wildman–Crippen MR) is 69.3 cm³/mol. The van der Waals surface area contributed by atoms with Crippen LogP contribution in [0, 0.1) is 5.82 Å². The highest BCUT2D eigenvalue weighted by atomic mass is 19.1. The molecule has 0 aliphatic heterocycles. The van der Waals surface area contributed by atoms with Crippen molar-refractivity contribution in [1.82, 2.24) is 29.5 Å². The zero-order valence-corrected chi connectivity index (χ0v) is 10.1. The van der Waals surface area contributed by atoms with Crippen molar-refractivity contribution < 1.29 is 4.39 Å². The third kappa shape index (κ3) is 1.53. The molecular weight excluding hydrogens is 259 g/mol. The summed E-state index contributed by atoms with van der Waals surface area (Å²) >= 11 is 0. The van der Waals surface area contributed by atoms with Gasteiger partial charge in [0.2, 0.25) is 0 Å². The molecule has 7 heteroatoms. The second-order valence-electron chi connectivity index (χ2n) is 4.21. The molecule has 0 unspecified atom stereocenters. The van der Waals surface area contributed by atoms with E-state index in [9.17, 15) is 4.39 Å². The lowest BCUT2D eigenvalue weighted by Crippen LogP contribution is -1.94. The van der Waals surface area contributed by atoms with Gasteiger partial charge in [-0.25, -0.2) is 14.4 Å². The molecule has 6 nitrogen and oxygen atoms in total. The van der Waals surface area contributed by atoms with Crippen molar-refractivity contribution in [3.63, 3.8) is 0 Å². The summed E-state index contributed by atoms with van der Waals surface area (Å²) in [5.74, 6) is 0.184. The maximum atomic E-state index is 13.4. The molecule has 0 N–H and O–H groups in total. The van der Waals surface area contributed by atoms with Crippen LogP contribution in [-0.4, -0.2) is 29.5 Å². The molecule has 96 valence electrons. The third-order valence-electron chi connectivity index (χ3n) is 3.00. The molecule has 0 bridgehead atoms. The van der Waals surface area contributed by atoms with Crippen molar-refractivity contribution in [1.29, 1.82) is 0 Å². The van der Waals surface area contributed by atoms with E-state index in [-0.39, 0.29) is 5.82 Å². The van der Waals surface area contributed by atoms with Crippen LogP contribution in [0.15, 0.2) is 43.1 Å². The quantitative estimate of drug-likeness (QED) is 0.526. The van der Waals surface area contributed by atoms with Crippen molar-refractivity contribution in [2.45, 2.75) is 0 Å². The summed E-state index contributed by atoms with van der Waals surface area (Å²) in [6.07, 6.45) is 6.34. The number of hydrogen-bond donors (Lipinski definition) is 0. The van der Waals surface area contributed by atoms with Crippen molar-refractivity contribution in [2.75, 3.05) is 0 Å². The molecule has 0 aliphatic carbocycles. The molecule has 0 radical (unpaired) electrons. The van der Waals surface area contributed by atoms with E-state index < -0.39 is 0 Å². The van der Waals surface area contributed by atoms with Gasteiger partial charge >= 0.3 is 0 Å². The summed E-state index contributed by atoms with van der Waals surface area (Å²) in [6, 6.07) is 4.37. The molecule has 0 amide bonds. The summed E-state index contributed by atoms with van der Waals surface area (Å²) in [6.45, 7) is 0. The second-order valence-corrected chi connectivity index (χ2v) is 4.21. The summed E-state index contributed by atoms with van der Waals surface area (Å²) < 4.78 is 15.1. The lowest BCUT2D eigenvalue weighted by molar-refractivity contribution is 0.629. The minimum atomic E-state index is -0.337. The van der Waals surface area contributed by atoms with Gasteiger partial charge in [-0.1, -0.05) is 0 Å². The van der Waals surface area contributed by atoms with Crippen LogP contribution >= 0.6 is 0 Å². The Labute approximate surface area is 112 Å². The average molecular weight is 266 g/mol. The molecule has 20 heavy (non-hydrogen) atoms. The van der Waals surface area contributed by atoms with E-state index in [1.54, 1.807) is 35.4 Å². The van der Waals surface area contributed by atoms with E-state index in [4.69, 9.17) is 0 Å². The topological polar surface area (TPSA) is 68.9 Å². The zero-order valence-electron chi connectivity index (χ0n) is 10.1. The molecule has 0 spiro atoms. The van der Waals surface area contributed by atoms with E-state index in [2.05, 4.69) is 25.1 Å². The van der Waals surface area contributed by atoms with Crippen LogP contribution in [0.1, 0.15) is 0 Å². The zero-order chi connectivity index (χ0) is 13.5. The van der Waals surface area contributed by atoms with Crippen LogP contribution in [0.25, 0.3) is 28.1 Å². The summed E-state index contributed by atoms with van der Waals surface area (Å²) in [5, 5.41) is 8.80. The molecule has 0 saturated carbocycles. The fourth-order valence-corrected chi connectivity index (χ4v) is 2.09. The number of halogens is 1. The first-order chi connectivity index (χ1) is 9.83. The van der Waals surface area contributed by atoms with Gasteiger partial charge in [0.1, 0.15) is 17.8 Å². The van der Waals surface area contributed by atoms with E-state index in [1.807, 2.05) is 0 Å². The Morgan fingerprint density at radius 3 is 2.85 bits per heavy atom. The van der Waals surface area contributed by atoms with E-state index in [0.717, 1.165) is 0 Å². The largest absolute Gasteiger partial charge is 0.263 e. The summed E-state index contributed by atoms with van der Waals surface area (Å²) in [5.41, 5.74) is 1.78. The standard InChI is InChI=1S/C13H7FN6/c14-8-1-2-10-9(5-8)12-18-19-13(20(12)7-17-10)11-6-15-3-4-16-11/h1-7H. The fraction of sp³-hybridized carbons (Fsp3) is 0. The van der Waals surface area contributed by atoms with Crippen molar-refractivity contribution in [3.05, 3.63) is 48.9 Å². The van der Waals surface area contributed by atoms with Gasteiger partial charge in [0, 0.05) is 17.8 Å². The minimum absolute atomic E-state index is 0.337. The smallest absolute Gasteiger partial charge is 0.189 e. The Morgan fingerprint density at radius 2 is 2.00 bits per heavy atom. The number of benzene rings is 1. The van der Waals surface area contributed by atoms with Gasteiger partial charge in [-0.15, -0.1) is 10.2 Å². The van der Waals surface area contributed by atoms with Crippen LogP contribution in [-0.2, 0) is 0 Å². The number of hydrogen-bond acceptors (Lipinski definition) is 5. The van der Waals surface area contributed by atoms with Crippen molar-refractivity contribution >= 4 is 16.6 Å². The van der Waals surface area contributed by atoms with E-state index in [0.29, 0.717) is 28.1 Å². The number of nitrogens with zero attached hydrogens (tertiary/aromatic N) is 6. The molecule has 4 rings (SSSR count). The third-order valence-corrected chi connectivity index (χ3v) is 3.00. The molecule has 0 atom stereocenters. The lowest BCUT2D eigenvalue weighted by atomic mass is 10.2. The molecule has 4 aromatic rings. The number of aromatic nitrogens is 6. The van der Waals surface area contributed by atoms with Crippen molar-refractivity contribution in [3.8, 4) is 11.5 Å². The Kier molecular flexibility index (Phi) is 2.19. The lowest BCUT2D eigenvalue weighted by Gasteiger charge is -2.01. The van der Waals surface area contributed by atoms with Crippen LogP contribution in [0.3, 0.4) is 0 Å². The normalized spacial score (nSPS) is 11.2. The Bertz CT molecular complexity index is 918. The van der Waals surface area contributed by atoms with E-state index in [1.165, 1.54) is 12.1 Å². The number of fused-ring (bicyclic) bond motifs is 3. The van der Waals surface area contributed by atoms with Crippen LogP contribution in [0.4, 0.5) is 4.39 Å². The van der Waals surface area contributed by atoms with Gasteiger partial charge in [0.25, 0.3) is 0 Å². The average Bonchev–Trinajstić information content (AvgIpc) is 2.92. The van der Waals surface area contributed by atoms with Gasteiger partial charge in [0.05, 0.1) is 11.7 Å². The summed E-state index contributed by atoms with van der Waals surface area (Å²) in [4.78, 5) is 12.5. The Hall–Kier alpha value is -2.96. The highest BCUT2D eigenvalue weighted by Crippen LogP contribution is 2.21. The van der Waals surface area contributed by atoms with Crippen LogP contribution in [0.2, 0.25) is 0 Å². The van der Waals surface area contributed by atoms with E-state index >= 15 is 0 Å². The van der Waals surface area contributed by atoms with Gasteiger partial charge < -0.3 is 0 Å². The van der Waals surface area contributed by atoms with Crippen molar-refractivity contribution in [2.24, 2.45) is 0 Å². The van der Waals surface area contributed by atoms with Gasteiger partial charge in [0.15, 0.2) is 11.5 Å². The summed E-state index contributed by atoms with van der Waals surface area (Å²) in [7, 11) is 0. The van der Waals surface area contributed by atoms with Gasteiger partial charge in [-0.2, -0.15) is 0 Å². The molecule has 3 heterocycles. The molecule has 0 fully saturated rings. The van der Waals surface area contributed by atoms with Crippen LogP contribution in [0.5, 0.6) is 0 Å². The Balaban J connectivity index is 2.07. The number of rotatable bonds is 1.